The SMILES string of the molecule is CCCc1nc(C2CCOCC2)nc(NC)c1Br. The zero-order valence-corrected chi connectivity index (χ0v) is 12.6. The van der Waals surface area contributed by atoms with E-state index >= 15 is 0 Å². The monoisotopic (exact) mass is 313 g/mol. The van der Waals surface area contributed by atoms with Gasteiger partial charge in [-0.2, -0.15) is 0 Å². The van der Waals surface area contributed by atoms with Crippen LogP contribution in [0.4, 0.5) is 5.82 Å². The first kappa shape index (κ1) is 13.7. The van der Waals surface area contributed by atoms with Gasteiger partial charge < -0.3 is 10.1 Å². The van der Waals surface area contributed by atoms with Crippen LogP contribution in [0.25, 0.3) is 0 Å². The third kappa shape index (κ3) is 3.01. The smallest absolute Gasteiger partial charge is 0.144 e. The van der Waals surface area contributed by atoms with Crippen molar-refractivity contribution in [3.8, 4) is 0 Å². The Balaban J connectivity index is 2.31. The molecule has 2 heterocycles. The molecule has 0 aliphatic carbocycles. The number of rotatable bonds is 4. The summed E-state index contributed by atoms with van der Waals surface area (Å²) >= 11 is 3.59. The summed E-state index contributed by atoms with van der Waals surface area (Å²) < 4.78 is 6.40. The number of nitrogens with one attached hydrogen (secondary N) is 1. The molecule has 0 aromatic carbocycles. The molecule has 1 aromatic rings. The van der Waals surface area contributed by atoms with E-state index in [0.29, 0.717) is 5.92 Å². The topological polar surface area (TPSA) is 47.0 Å². The minimum absolute atomic E-state index is 0.439. The maximum absolute atomic E-state index is 5.40. The molecule has 1 saturated heterocycles. The number of hydrogen-bond donors (Lipinski definition) is 1. The summed E-state index contributed by atoms with van der Waals surface area (Å²) in [6, 6.07) is 0. The second-order valence-corrected chi connectivity index (χ2v) is 5.37. The van der Waals surface area contributed by atoms with Crippen molar-refractivity contribution in [1.82, 2.24) is 9.97 Å². The van der Waals surface area contributed by atoms with Gasteiger partial charge in [-0.25, -0.2) is 9.97 Å². The number of anilines is 1. The van der Waals surface area contributed by atoms with Gasteiger partial charge in [0.15, 0.2) is 0 Å². The molecule has 0 spiro atoms. The molecule has 1 aliphatic heterocycles. The van der Waals surface area contributed by atoms with Crippen LogP contribution in [0.3, 0.4) is 0 Å². The van der Waals surface area contributed by atoms with Gasteiger partial charge in [0.2, 0.25) is 0 Å². The number of aryl methyl sites for hydroxylation is 1. The van der Waals surface area contributed by atoms with Crippen LogP contribution in [0.2, 0.25) is 0 Å². The minimum atomic E-state index is 0.439. The molecule has 0 saturated carbocycles. The molecule has 0 amide bonds. The molecule has 1 N–H and O–H groups in total. The van der Waals surface area contributed by atoms with Gasteiger partial charge in [-0.15, -0.1) is 0 Å². The first-order chi connectivity index (χ1) is 8.76. The largest absolute Gasteiger partial charge is 0.381 e. The second kappa shape index (κ2) is 6.48. The molecule has 0 radical (unpaired) electrons. The van der Waals surface area contributed by atoms with Crippen LogP contribution in [0, 0.1) is 0 Å². The molecule has 0 atom stereocenters. The predicted octanol–water partition coefficient (Wildman–Crippen LogP) is 3.13. The summed E-state index contributed by atoms with van der Waals surface area (Å²) in [6.45, 7) is 3.81. The second-order valence-electron chi connectivity index (χ2n) is 4.58. The molecule has 18 heavy (non-hydrogen) atoms. The molecule has 1 fully saturated rings. The van der Waals surface area contributed by atoms with Crippen LogP contribution in [0.1, 0.15) is 43.6 Å². The van der Waals surface area contributed by atoms with E-state index in [2.05, 4.69) is 33.2 Å². The maximum Gasteiger partial charge on any atom is 0.144 e. The lowest BCUT2D eigenvalue weighted by molar-refractivity contribution is 0.0835. The van der Waals surface area contributed by atoms with E-state index < -0.39 is 0 Å². The highest BCUT2D eigenvalue weighted by molar-refractivity contribution is 9.10. The van der Waals surface area contributed by atoms with Crippen LogP contribution in [-0.2, 0) is 11.2 Å². The Morgan fingerprint density at radius 1 is 1.33 bits per heavy atom. The number of aromatic nitrogens is 2. The van der Waals surface area contributed by atoms with Crippen molar-refractivity contribution in [2.45, 2.75) is 38.5 Å². The van der Waals surface area contributed by atoms with Crippen molar-refractivity contribution in [1.29, 1.82) is 0 Å². The lowest BCUT2D eigenvalue weighted by atomic mass is 9.99. The fourth-order valence-corrected chi connectivity index (χ4v) is 2.79. The first-order valence-electron chi connectivity index (χ1n) is 6.58. The highest BCUT2D eigenvalue weighted by Crippen LogP contribution is 2.30. The summed E-state index contributed by atoms with van der Waals surface area (Å²) in [7, 11) is 1.90. The van der Waals surface area contributed by atoms with E-state index in [-0.39, 0.29) is 0 Å². The van der Waals surface area contributed by atoms with Gasteiger partial charge in [-0.3, -0.25) is 0 Å². The number of hydrogen-bond acceptors (Lipinski definition) is 4. The molecule has 1 aliphatic rings. The van der Waals surface area contributed by atoms with Crippen LogP contribution in [-0.4, -0.2) is 30.2 Å². The predicted molar refractivity (Wildman–Crippen MR) is 76.1 cm³/mol. The van der Waals surface area contributed by atoms with E-state index in [4.69, 9.17) is 9.72 Å². The van der Waals surface area contributed by atoms with E-state index in [0.717, 1.165) is 60.7 Å². The van der Waals surface area contributed by atoms with Gasteiger partial charge in [0, 0.05) is 26.2 Å². The lowest BCUT2D eigenvalue weighted by Crippen LogP contribution is -2.18. The fraction of sp³-hybridized carbons (Fsp3) is 0.692. The minimum Gasteiger partial charge on any atom is -0.381 e. The standard InChI is InChI=1S/C13H20BrN3O/c1-3-4-10-11(14)13(15-2)17-12(16-10)9-5-7-18-8-6-9/h9H,3-8H2,1-2H3,(H,15,16,17). The lowest BCUT2D eigenvalue weighted by Gasteiger charge is -2.22. The zero-order valence-electron chi connectivity index (χ0n) is 11.0. The Bertz CT molecular complexity index is 405. The molecule has 4 nitrogen and oxygen atoms in total. The zero-order chi connectivity index (χ0) is 13.0. The van der Waals surface area contributed by atoms with Crippen molar-refractivity contribution < 1.29 is 4.74 Å². The van der Waals surface area contributed by atoms with Gasteiger partial charge >= 0.3 is 0 Å². The van der Waals surface area contributed by atoms with Crippen molar-refractivity contribution in [3.05, 3.63) is 16.0 Å². The quantitative estimate of drug-likeness (QED) is 0.927. The summed E-state index contributed by atoms with van der Waals surface area (Å²) in [5, 5.41) is 3.14. The van der Waals surface area contributed by atoms with Gasteiger partial charge in [0.05, 0.1) is 10.2 Å². The van der Waals surface area contributed by atoms with E-state index in [1.54, 1.807) is 0 Å². The Kier molecular flexibility index (Phi) is 4.95. The molecular weight excluding hydrogens is 294 g/mol. The molecular formula is C13H20BrN3O. The molecule has 5 heteroatoms. The van der Waals surface area contributed by atoms with Gasteiger partial charge in [0.25, 0.3) is 0 Å². The van der Waals surface area contributed by atoms with Crippen molar-refractivity contribution in [2.75, 3.05) is 25.6 Å². The van der Waals surface area contributed by atoms with Crippen molar-refractivity contribution in [3.63, 3.8) is 0 Å². The average molecular weight is 314 g/mol. The summed E-state index contributed by atoms with van der Waals surface area (Å²) in [5.41, 5.74) is 1.11. The molecule has 1 aromatic heterocycles. The Morgan fingerprint density at radius 3 is 2.67 bits per heavy atom. The van der Waals surface area contributed by atoms with Crippen LogP contribution >= 0.6 is 15.9 Å². The number of nitrogens with zero attached hydrogens (tertiary/aromatic N) is 2. The van der Waals surface area contributed by atoms with E-state index in [9.17, 15) is 0 Å². The Hall–Kier alpha value is -0.680. The summed E-state index contributed by atoms with van der Waals surface area (Å²) in [5.74, 6) is 2.30. The maximum atomic E-state index is 5.40. The van der Waals surface area contributed by atoms with Gasteiger partial charge in [-0.1, -0.05) is 13.3 Å². The normalized spacial score (nSPS) is 16.8. The van der Waals surface area contributed by atoms with Gasteiger partial charge in [0.1, 0.15) is 11.6 Å². The molecule has 0 unspecified atom stereocenters. The summed E-state index contributed by atoms with van der Waals surface area (Å²) in [6.07, 6.45) is 4.12. The third-order valence-corrected chi connectivity index (χ3v) is 4.08. The van der Waals surface area contributed by atoms with E-state index in [1.165, 1.54) is 0 Å². The van der Waals surface area contributed by atoms with Crippen molar-refractivity contribution >= 4 is 21.7 Å². The first-order valence-corrected chi connectivity index (χ1v) is 7.37. The molecule has 0 bridgehead atoms. The highest BCUT2D eigenvalue weighted by Gasteiger charge is 2.21. The molecule has 2 rings (SSSR count). The van der Waals surface area contributed by atoms with Crippen LogP contribution < -0.4 is 5.32 Å². The fourth-order valence-electron chi connectivity index (χ4n) is 2.22. The average Bonchev–Trinajstić information content (AvgIpc) is 2.42. The Morgan fingerprint density at radius 2 is 2.06 bits per heavy atom. The van der Waals surface area contributed by atoms with Crippen LogP contribution in [0.5, 0.6) is 0 Å². The van der Waals surface area contributed by atoms with Crippen molar-refractivity contribution in [2.24, 2.45) is 0 Å². The number of ether oxygens (including phenoxy) is 1. The van der Waals surface area contributed by atoms with E-state index in [1.807, 2.05) is 7.05 Å². The third-order valence-electron chi connectivity index (χ3n) is 3.25. The van der Waals surface area contributed by atoms with Gasteiger partial charge in [-0.05, 0) is 35.2 Å². The highest BCUT2D eigenvalue weighted by atomic mass is 79.9. The molecule has 100 valence electrons. The number of halogens is 1. The summed E-state index contributed by atoms with van der Waals surface area (Å²) in [4.78, 5) is 9.37. The Labute approximate surface area is 117 Å². The van der Waals surface area contributed by atoms with Crippen LogP contribution in [0.15, 0.2) is 4.47 Å².